The maximum atomic E-state index is 12.7. The molecule has 0 aliphatic heterocycles. The maximum absolute atomic E-state index is 12.7. The molecule has 0 aromatic heterocycles. The Labute approximate surface area is 266 Å². The van der Waals surface area contributed by atoms with E-state index in [0.29, 0.717) is 33.8 Å². The summed E-state index contributed by atoms with van der Waals surface area (Å²) in [5.41, 5.74) is 3.74. The Morgan fingerprint density at radius 2 is 0.913 bits per heavy atom. The highest BCUT2D eigenvalue weighted by Gasteiger charge is 2.17. The van der Waals surface area contributed by atoms with Crippen LogP contribution >= 0.6 is 0 Å². The number of hydrogen-bond donors (Lipinski definition) is 2. The van der Waals surface area contributed by atoms with Gasteiger partial charge in [0, 0.05) is 22.3 Å². The average Bonchev–Trinajstić information content (AvgIpc) is 3.10. The molecule has 0 fully saturated rings. The smallest absolute Gasteiger partial charge is 0.185 e. The van der Waals surface area contributed by atoms with Crippen molar-refractivity contribution in [3.05, 3.63) is 144 Å². The van der Waals surface area contributed by atoms with Gasteiger partial charge in [-0.05, 0) is 118 Å². The van der Waals surface area contributed by atoms with Crippen molar-refractivity contribution in [1.82, 2.24) is 0 Å². The van der Waals surface area contributed by atoms with Crippen LogP contribution in [0, 0.1) is 0 Å². The summed E-state index contributed by atoms with van der Waals surface area (Å²) in [5.74, 6) is 1.16. The molecule has 6 nitrogen and oxygen atoms in total. The highest BCUT2D eigenvalue weighted by Crippen LogP contribution is 2.45. The molecule has 6 rings (SSSR count). The van der Waals surface area contributed by atoms with Crippen molar-refractivity contribution in [2.45, 2.75) is 0 Å². The zero-order chi connectivity index (χ0) is 32.2. The number of ketones is 2. The van der Waals surface area contributed by atoms with E-state index >= 15 is 0 Å². The molecule has 0 spiro atoms. The third kappa shape index (κ3) is 6.10. The molecule has 0 radical (unpaired) electrons. The monoisotopic (exact) mass is 606 g/mol. The Hall–Kier alpha value is -6.14. The summed E-state index contributed by atoms with van der Waals surface area (Å²) in [6, 6.07) is 32.0. The second kappa shape index (κ2) is 12.8. The van der Waals surface area contributed by atoms with Gasteiger partial charge in [0.1, 0.15) is 23.0 Å². The van der Waals surface area contributed by atoms with Gasteiger partial charge in [-0.2, -0.15) is 0 Å². The molecule has 6 heteroatoms. The summed E-state index contributed by atoms with van der Waals surface area (Å²) in [5, 5.41) is 25.3. The molecule has 0 saturated carbocycles. The molecular weight excluding hydrogens is 576 g/mol. The number of rotatable bonds is 9. The van der Waals surface area contributed by atoms with Gasteiger partial charge in [-0.25, -0.2) is 0 Å². The molecule has 6 aromatic carbocycles. The zero-order valence-electron chi connectivity index (χ0n) is 25.2. The SMILES string of the molecule is COc1ccc(C(=O)/C=C/c2ccc3c(-c4c(O)ccc5cc(/C=C/C(=O)c6ccc(OC)cc6)ccc45)c(O)ccc3c2)cc1. The van der Waals surface area contributed by atoms with E-state index < -0.39 is 0 Å². The van der Waals surface area contributed by atoms with Crippen LogP contribution in [-0.2, 0) is 0 Å². The van der Waals surface area contributed by atoms with E-state index in [1.807, 2.05) is 48.5 Å². The topological polar surface area (TPSA) is 93.1 Å². The number of fused-ring (bicyclic) bond motifs is 2. The van der Waals surface area contributed by atoms with Crippen molar-refractivity contribution < 1.29 is 29.3 Å². The number of carbonyl (C=O) groups excluding carboxylic acids is 2. The van der Waals surface area contributed by atoms with Gasteiger partial charge in [0.15, 0.2) is 11.6 Å². The van der Waals surface area contributed by atoms with E-state index in [0.717, 1.165) is 32.7 Å². The Morgan fingerprint density at radius 1 is 0.522 bits per heavy atom. The number of methoxy groups -OCH3 is 2. The minimum atomic E-state index is -0.130. The van der Waals surface area contributed by atoms with Gasteiger partial charge in [-0.1, -0.05) is 48.6 Å². The Morgan fingerprint density at radius 3 is 1.28 bits per heavy atom. The van der Waals surface area contributed by atoms with Crippen molar-refractivity contribution in [2.75, 3.05) is 14.2 Å². The molecular formula is C40H30O6. The van der Waals surface area contributed by atoms with Gasteiger partial charge < -0.3 is 19.7 Å². The molecule has 0 aliphatic rings. The molecule has 6 aromatic rings. The Balaban J connectivity index is 1.31. The number of aromatic hydroxyl groups is 2. The van der Waals surface area contributed by atoms with E-state index in [1.165, 1.54) is 12.2 Å². The van der Waals surface area contributed by atoms with Gasteiger partial charge in [-0.3, -0.25) is 9.59 Å². The first-order chi connectivity index (χ1) is 22.3. The van der Waals surface area contributed by atoms with Crippen LogP contribution in [0.2, 0.25) is 0 Å². The fourth-order valence-electron chi connectivity index (χ4n) is 5.45. The average molecular weight is 607 g/mol. The first-order valence-corrected chi connectivity index (χ1v) is 14.6. The van der Waals surface area contributed by atoms with Gasteiger partial charge >= 0.3 is 0 Å². The molecule has 0 atom stereocenters. The lowest BCUT2D eigenvalue weighted by Crippen LogP contribution is -1.94. The Bertz CT molecular complexity index is 2000. The minimum absolute atomic E-state index is 0.0299. The summed E-state index contributed by atoms with van der Waals surface area (Å²) in [4.78, 5) is 25.4. The van der Waals surface area contributed by atoms with E-state index in [-0.39, 0.29) is 23.1 Å². The minimum Gasteiger partial charge on any atom is -0.507 e. The van der Waals surface area contributed by atoms with Gasteiger partial charge in [0.05, 0.1) is 14.2 Å². The zero-order valence-corrected chi connectivity index (χ0v) is 25.2. The van der Waals surface area contributed by atoms with Crippen LogP contribution in [0.5, 0.6) is 23.0 Å². The summed E-state index contributed by atoms with van der Waals surface area (Å²) in [7, 11) is 3.16. The van der Waals surface area contributed by atoms with Crippen molar-refractivity contribution in [2.24, 2.45) is 0 Å². The fourth-order valence-corrected chi connectivity index (χ4v) is 5.45. The van der Waals surface area contributed by atoms with Crippen LogP contribution in [0.4, 0.5) is 0 Å². The molecule has 226 valence electrons. The number of phenols is 2. The number of allylic oxidation sites excluding steroid dienone is 2. The third-order valence-corrected chi connectivity index (χ3v) is 7.90. The third-order valence-electron chi connectivity index (χ3n) is 7.90. The first kappa shape index (κ1) is 29.9. The van der Waals surface area contributed by atoms with E-state index in [9.17, 15) is 19.8 Å². The molecule has 46 heavy (non-hydrogen) atoms. The van der Waals surface area contributed by atoms with E-state index in [4.69, 9.17) is 9.47 Å². The molecule has 0 saturated heterocycles. The lowest BCUT2D eigenvalue weighted by molar-refractivity contribution is 0.103. The lowest BCUT2D eigenvalue weighted by atomic mass is 9.91. The van der Waals surface area contributed by atoms with Crippen molar-refractivity contribution in [1.29, 1.82) is 0 Å². The highest BCUT2D eigenvalue weighted by molar-refractivity contribution is 6.11. The molecule has 0 amide bonds. The summed E-state index contributed by atoms with van der Waals surface area (Å²) < 4.78 is 10.3. The first-order valence-electron chi connectivity index (χ1n) is 14.6. The Kier molecular flexibility index (Phi) is 8.35. The normalized spacial score (nSPS) is 11.4. The molecule has 0 heterocycles. The molecule has 0 unspecified atom stereocenters. The number of ether oxygens (including phenoxy) is 2. The van der Waals surface area contributed by atoms with Gasteiger partial charge in [0.25, 0.3) is 0 Å². The van der Waals surface area contributed by atoms with Crippen LogP contribution in [0.3, 0.4) is 0 Å². The molecule has 2 N–H and O–H groups in total. The second-order valence-electron chi connectivity index (χ2n) is 10.7. The number of phenolic OH excluding ortho intramolecular Hbond substituents is 2. The van der Waals surface area contributed by atoms with Crippen LogP contribution in [0.1, 0.15) is 31.8 Å². The van der Waals surface area contributed by atoms with E-state index in [2.05, 4.69) is 0 Å². The van der Waals surface area contributed by atoms with Crippen LogP contribution in [0.15, 0.2) is 121 Å². The standard InChI is InChI=1S/C40H30O6/c1-45-31-13-7-27(8-14-31)35(41)19-5-25-3-17-33-29(23-25)11-21-37(43)39(33)40-34-18-4-26(24-30(34)12-22-38(40)44)6-20-36(42)28-9-15-32(46-2)16-10-28/h3-24,43-44H,1-2H3/b19-5+,20-6+. The van der Waals surface area contributed by atoms with Gasteiger partial charge in [0.2, 0.25) is 0 Å². The van der Waals surface area contributed by atoms with Crippen LogP contribution in [-0.4, -0.2) is 36.0 Å². The lowest BCUT2D eigenvalue weighted by Gasteiger charge is -2.15. The highest BCUT2D eigenvalue weighted by atomic mass is 16.5. The van der Waals surface area contributed by atoms with Crippen molar-refractivity contribution >= 4 is 45.3 Å². The van der Waals surface area contributed by atoms with Crippen molar-refractivity contribution in [3.63, 3.8) is 0 Å². The molecule has 0 aliphatic carbocycles. The van der Waals surface area contributed by atoms with Crippen LogP contribution in [0.25, 0.3) is 44.8 Å². The molecule has 0 bridgehead atoms. The largest absolute Gasteiger partial charge is 0.507 e. The summed E-state index contributed by atoms with van der Waals surface area (Å²) >= 11 is 0. The van der Waals surface area contributed by atoms with E-state index in [1.54, 1.807) is 87.0 Å². The van der Waals surface area contributed by atoms with Crippen LogP contribution < -0.4 is 9.47 Å². The van der Waals surface area contributed by atoms with Gasteiger partial charge in [-0.15, -0.1) is 0 Å². The second-order valence-corrected chi connectivity index (χ2v) is 10.7. The maximum Gasteiger partial charge on any atom is 0.185 e. The predicted octanol–water partition coefficient (Wildman–Crippen LogP) is 8.88. The number of hydrogen-bond acceptors (Lipinski definition) is 6. The summed E-state index contributed by atoms with van der Waals surface area (Å²) in [6.07, 6.45) is 6.56. The number of benzene rings is 6. The number of carbonyl (C=O) groups is 2. The van der Waals surface area contributed by atoms with Crippen molar-refractivity contribution in [3.8, 4) is 34.1 Å². The summed E-state index contributed by atoms with van der Waals surface area (Å²) in [6.45, 7) is 0. The predicted molar refractivity (Wildman–Crippen MR) is 183 cm³/mol. The fraction of sp³-hybridized carbons (Fsp3) is 0.0500. The quantitative estimate of drug-likeness (QED) is 0.126.